The Balaban J connectivity index is 1.65. The molecule has 0 aromatic carbocycles. The first-order valence-electron chi connectivity index (χ1n) is 7.57. The molecule has 1 aliphatic heterocycles. The molecule has 0 spiro atoms. The second kappa shape index (κ2) is 7.99. The van der Waals surface area contributed by atoms with Crippen molar-refractivity contribution in [3.63, 3.8) is 0 Å². The van der Waals surface area contributed by atoms with E-state index in [1.165, 1.54) is 32.4 Å². The number of piperidine rings is 1. The van der Waals surface area contributed by atoms with Crippen molar-refractivity contribution in [3.05, 3.63) is 11.9 Å². The number of hydrogen-bond acceptors (Lipinski definition) is 4. The maximum atomic E-state index is 10.4. The van der Waals surface area contributed by atoms with Crippen molar-refractivity contribution < 1.29 is 9.90 Å². The van der Waals surface area contributed by atoms with E-state index in [9.17, 15) is 4.79 Å². The number of nitrogens with zero attached hydrogens (tertiary/aromatic N) is 4. The number of carboxylic acids is 1. The largest absolute Gasteiger partial charge is 0.481 e. The number of carboxylic acid groups (broad SMARTS) is 1. The van der Waals surface area contributed by atoms with Crippen LogP contribution >= 0.6 is 0 Å². The number of unbranched alkanes of at least 4 members (excludes halogenated alkanes) is 1. The van der Waals surface area contributed by atoms with Gasteiger partial charge < -0.3 is 10.0 Å². The fraction of sp³-hybridized carbons (Fsp3) is 0.786. The van der Waals surface area contributed by atoms with Crippen molar-refractivity contribution in [3.8, 4) is 0 Å². The van der Waals surface area contributed by atoms with Gasteiger partial charge in [-0.25, -0.2) is 0 Å². The molecule has 1 fully saturated rings. The molecule has 0 unspecified atom stereocenters. The number of likely N-dealkylation sites (tertiary alicyclic amines) is 1. The zero-order valence-electron chi connectivity index (χ0n) is 12.0. The summed E-state index contributed by atoms with van der Waals surface area (Å²) in [6.45, 7) is 4.34. The molecule has 0 saturated carbocycles. The fourth-order valence-corrected chi connectivity index (χ4v) is 2.57. The summed E-state index contributed by atoms with van der Waals surface area (Å²) < 4.78 is 1.90. The third-order valence-electron chi connectivity index (χ3n) is 3.75. The van der Waals surface area contributed by atoms with E-state index in [2.05, 4.69) is 15.2 Å². The zero-order valence-corrected chi connectivity index (χ0v) is 12.0. The minimum Gasteiger partial charge on any atom is -0.481 e. The molecule has 20 heavy (non-hydrogen) atoms. The van der Waals surface area contributed by atoms with Gasteiger partial charge >= 0.3 is 5.97 Å². The van der Waals surface area contributed by atoms with Gasteiger partial charge in [-0.3, -0.25) is 9.48 Å². The Morgan fingerprint density at radius 3 is 2.75 bits per heavy atom. The predicted octanol–water partition coefficient (Wildman–Crippen LogP) is 1.56. The fourth-order valence-electron chi connectivity index (χ4n) is 2.57. The van der Waals surface area contributed by atoms with Crippen LogP contribution in [-0.2, 0) is 17.8 Å². The van der Waals surface area contributed by atoms with Gasteiger partial charge in [0.1, 0.15) is 0 Å². The summed E-state index contributed by atoms with van der Waals surface area (Å²) in [5.74, 6) is -0.727. The molecule has 0 atom stereocenters. The molecule has 6 nitrogen and oxygen atoms in total. The van der Waals surface area contributed by atoms with Crippen LogP contribution in [0.4, 0.5) is 0 Å². The number of hydrogen-bond donors (Lipinski definition) is 1. The normalized spacial score (nSPS) is 16.4. The Labute approximate surface area is 119 Å². The molecule has 6 heteroatoms. The Kier molecular flexibility index (Phi) is 5.98. The van der Waals surface area contributed by atoms with E-state index in [1.807, 2.05) is 10.9 Å². The van der Waals surface area contributed by atoms with E-state index in [0.29, 0.717) is 6.42 Å². The van der Waals surface area contributed by atoms with Gasteiger partial charge in [-0.15, -0.1) is 5.10 Å². The van der Waals surface area contributed by atoms with Gasteiger partial charge in [0.25, 0.3) is 0 Å². The Bertz CT molecular complexity index is 413. The lowest BCUT2D eigenvalue weighted by molar-refractivity contribution is -0.137. The van der Waals surface area contributed by atoms with Gasteiger partial charge in [-0.1, -0.05) is 11.6 Å². The van der Waals surface area contributed by atoms with Gasteiger partial charge in [0.05, 0.1) is 12.2 Å². The summed E-state index contributed by atoms with van der Waals surface area (Å²) >= 11 is 0. The third-order valence-corrected chi connectivity index (χ3v) is 3.75. The lowest BCUT2D eigenvalue weighted by atomic mass is 10.1. The maximum absolute atomic E-state index is 10.4. The van der Waals surface area contributed by atoms with Crippen molar-refractivity contribution in [1.29, 1.82) is 0 Å². The molecule has 0 radical (unpaired) electrons. The SMILES string of the molecule is O=C(O)CCCCc1cn(CCN2CCCCC2)nn1. The summed E-state index contributed by atoms with van der Waals surface area (Å²) in [7, 11) is 0. The minimum atomic E-state index is -0.727. The maximum Gasteiger partial charge on any atom is 0.303 e. The summed E-state index contributed by atoms with van der Waals surface area (Å²) in [5, 5.41) is 16.9. The summed E-state index contributed by atoms with van der Waals surface area (Å²) in [4.78, 5) is 12.9. The Hall–Kier alpha value is -1.43. The summed E-state index contributed by atoms with van der Waals surface area (Å²) in [6, 6.07) is 0. The van der Waals surface area contributed by atoms with Crippen molar-refractivity contribution in [2.24, 2.45) is 0 Å². The molecule has 0 bridgehead atoms. The van der Waals surface area contributed by atoms with Crippen LogP contribution in [0.25, 0.3) is 0 Å². The first-order valence-corrected chi connectivity index (χ1v) is 7.57. The molecular weight excluding hydrogens is 256 g/mol. The molecule has 1 saturated heterocycles. The molecule has 1 N–H and O–H groups in total. The highest BCUT2D eigenvalue weighted by Gasteiger charge is 2.10. The van der Waals surface area contributed by atoms with E-state index in [4.69, 9.17) is 5.11 Å². The van der Waals surface area contributed by atoms with Crippen molar-refractivity contribution in [2.75, 3.05) is 19.6 Å². The molecule has 112 valence electrons. The molecule has 1 aromatic heterocycles. The van der Waals surface area contributed by atoms with Crippen LogP contribution in [-0.4, -0.2) is 50.6 Å². The van der Waals surface area contributed by atoms with Gasteiger partial charge in [0, 0.05) is 19.2 Å². The number of carbonyl (C=O) groups is 1. The second-order valence-electron chi connectivity index (χ2n) is 5.48. The van der Waals surface area contributed by atoms with E-state index in [0.717, 1.165) is 31.6 Å². The third kappa shape index (κ3) is 5.28. The van der Waals surface area contributed by atoms with Crippen LogP contribution in [0.1, 0.15) is 44.2 Å². The van der Waals surface area contributed by atoms with Gasteiger partial charge in [0.15, 0.2) is 0 Å². The number of aliphatic carboxylic acids is 1. The van der Waals surface area contributed by atoms with Crippen molar-refractivity contribution in [2.45, 2.75) is 51.5 Å². The van der Waals surface area contributed by atoms with E-state index in [1.54, 1.807) is 0 Å². The van der Waals surface area contributed by atoms with Gasteiger partial charge in [-0.05, 0) is 45.2 Å². The summed E-state index contributed by atoms with van der Waals surface area (Å²) in [6.07, 6.45) is 8.59. The highest BCUT2D eigenvalue weighted by Crippen LogP contribution is 2.08. The van der Waals surface area contributed by atoms with E-state index in [-0.39, 0.29) is 6.42 Å². The van der Waals surface area contributed by atoms with Gasteiger partial charge in [-0.2, -0.15) is 0 Å². The van der Waals surface area contributed by atoms with Gasteiger partial charge in [0.2, 0.25) is 0 Å². The predicted molar refractivity (Wildman–Crippen MR) is 75.5 cm³/mol. The van der Waals surface area contributed by atoms with Crippen LogP contribution in [0, 0.1) is 0 Å². The molecule has 1 aromatic rings. The highest BCUT2D eigenvalue weighted by atomic mass is 16.4. The van der Waals surface area contributed by atoms with Crippen LogP contribution in [0.3, 0.4) is 0 Å². The number of rotatable bonds is 8. The smallest absolute Gasteiger partial charge is 0.303 e. The Morgan fingerprint density at radius 1 is 1.20 bits per heavy atom. The first-order chi connectivity index (χ1) is 9.74. The standard InChI is InChI=1S/C14H24N4O2/c19-14(20)7-3-2-6-13-12-18(16-15-13)11-10-17-8-4-1-5-9-17/h12H,1-11H2,(H,19,20). The lowest BCUT2D eigenvalue weighted by Crippen LogP contribution is -2.32. The molecule has 2 rings (SSSR count). The lowest BCUT2D eigenvalue weighted by Gasteiger charge is -2.25. The Morgan fingerprint density at radius 2 is 2.00 bits per heavy atom. The van der Waals surface area contributed by atoms with Crippen molar-refractivity contribution >= 4 is 5.97 Å². The highest BCUT2D eigenvalue weighted by molar-refractivity contribution is 5.66. The second-order valence-corrected chi connectivity index (χ2v) is 5.48. The average Bonchev–Trinajstić information content (AvgIpc) is 2.90. The van der Waals surface area contributed by atoms with Crippen LogP contribution < -0.4 is 0 Å². The van der Waals surface area contributed by atoms with Crippen molar-refractivity contribution in [1.82, 2.24) is 19.9 Å². The van der Waals surface area contributed by atoms with E-state index < -0.39 is 5.97 Å². The minimum absolute atomic E-state index is 0.239. The topological polar surface area (TPSA) is 71.2 Å². The first kappa shape index (κ1) is 15.0. The van der Waals surface area contributed by atoms with Crippen LogP contribution in [0.2, 0.25) is 0 Å². The van der Waals surface area contributed by atoms with E-state index >= 15 is 0 Å². The molecule has 0 amide bonds. The van der Waals surface area contributed by atoms with Crippen LogP contribution in [0.15, 0.2) is 6.20 Å². The average molecular weight is 280 g/mol. The molecular formula is C14H24N4O2. The number of aryl methyl sites for hydroxylation is 1. The quantitative estimate of drug-likeness (QED) is 0.732. The summed E-state index contributed by atoms with van der Waals surface area (Å²) in [5.41, 5.74) is 0.967. The number of aromatic nitrogens is 3. The zero-order chi connectivity index (χ0) is 14.2. The molecule has 2 heterocycles. The monoisotopic (exact) mass is 280 g/mol. The molecule has 1 aliphatic rings. The molecule has 0 aliphatic carbocycles. The van der Waals surface area contributed by atoms with Crippen LogP contribution in [0.5, 0.6) is 0 Å².